The maximum atomic E-state index is 12.4. The van der Waals surface area contributed by atoms with E-state index in [1.165, 1.54) is 18.2 Å². The Labute approximate surface area is 142 Å². The largest absolute Gasteiger partial charge is 0.482 e. The molecule has 2 rings (SSSR count). The van der Waals surface area contributed by atoms with E-state index in [0.717, 1.165) is 4.47 Å². The zero-order valence-electron chi connectivity index (χ0n) is 12.1. The molecule has 0 atom stereocenters. The van der Waals surface area contributed by atoms with Crippen LogP contribution >= 0.6 is 15.9 Å². The molecule has 2 aromatic carbocycles. The first kappa shape index (κ1) is 17.3. The van der Waals surface area contributed by atoms with Gasteiger partial charge in [0.15, 0.2) is 6.61 Å². The number of aliphatic carboxylic acids is 1. The van der Waals surface area contributed by atoms with Crippen molar-refractivity contribution in [3.05, 3.63) is 52.5 Å². The van der Waals surface area contributed by atoms with E-state index in [0.29, 0.717) is 17.0 Å². The van der Waals surface area contributed by atoms with Crippen molar-refractivity contribution in [2.24, 2.45) is 0 Å². The van der Waals surface area contributed by atoms with Crippen molar-refractivity contribution in [3.8, 4) is 5.75 Å². The van der Waals surface area contributed by atoms with Gasteiger partial charge in [-0.2, -0.15) is 0 Å². The van der Waals surface area contributed by atoms with Crippen molar-refractivity contribution in [2.75, 3.05) is 11.3 Å². The lowest BCUT2D eigenvalue weighted by atomic mass is 10.2. The van der Waals surface area contributed by atoms with E-state index in [1.54, 1.807) is 31.2 Å². The molecule has 0 spiro atoms. The quantitative estimate of drug-likeness (QED) is 0.778. The summed E-state index contributed by atoms with van der Waals surface area (Å²) in [6.45, 7) is 1.17. The summed E-state index contributed by atoms with van der Waals surface area (Å²) in [6, 6.07) is 11.0. The zero-order chi connectivity index (χ0) is 17.0. The van der Waals surface area contributed by atoms with Crippen LogP contribution in [-0.4, -0.2) is 26.1 Å². The number of nitrogens with one attached hydrogen (secondary N) is 1. The van der Waals surface area contributed by atoms with Crippen molar-refractivity contribution < 1.29 is 23.1 Å². The molecule has 0 fully saturated rings. The van der Waals surface area contributed by atoms with Gasteiger partial charge in [0.25, 0.3) is 10.0 Å². The summed E-state index contributed by atoms with van der Waals surface area (Å²) < 4.78 is 33.1. The zero-order valence-corrected chi connectivity index (χ0v) is 14.5. The average Bonchev–Trinajstić information content (AvgIpc) is 2.48. The van der Waals surface area contributed by atoms with E-state index < -0.39 is 22.6 Å². The molecule has 0 aromatic heterocycles. The van der Waals surface area contributed by atoms with Crippen molar-refractivity contribution in [1.29, 1.82) is 0 Å². The molecule has 0 saturated carbocycles. The molecule has 0 aliphatic carbocycles. The lowest BCUT2D eigenvalue weighted by Gasteiger charge is -2.11. The number of rotatable bonds is 6. The van der Waals surface area contributed by atoms with Gasteiger partial charge in [0.1, 0.15) is 5.75 Å². The second-order valence-electron chi connectivity index (χ2n) is 4.72. The predicted molar refractivity (Wildman–Crippen MR) is 89.3 cm³/mol. The third kappa shape index (κ3) is 4.70. The van der Waals surface area contributed by atoms with E-state index in [4.69, 9.17) is 9.84 Å². The van der Waals surface area contributed by atoms with Gasteiger partial charge in [-0.05, 0) is 55.0 Å². The first-order chi connectivity index (χ1) is 10.8. The second kappa shape index (κ2) is 7.01. The highest BCUT2D eigenvalue weighted by Crippen LogP contribution is 2.24. The van der Waals surface area contributed by atoms with Crippen LogP contribution in [-0.2, 0) is 14.8 Å². The Balaban J connectivity index is 2.21. The second-order valence-corrected chi connectivity index (χ2v) is 7.32. The third-order valence-electron chi connectivity index (χ3n) is 2.90. The van der Waals surface area contributed by atoms with E-state index in [2.05, 4.69) is 20.7 Å². The predicted octanol–water partition coefficient (Wildman–Crippen LogP) is 3.02. The number of benzene rings is 2. The Morgan fingerprint density at radius 3 is 2.43 bits per heavy atom. The summed E-state index contributed by atoms with van der Waals surface area (Å²) in [4.78, 5) is 10.6. The molecular weight excluding hydrogens is 386 g/mol. The van der Waals surface area contributed by atoms with Crippen molar-refractivity contribution in [2.45, 2.75) is 11.8 Å². The number of sulfonamides is 1. The lowest BCUT2D eigenvalue weighted by Crippen LogP contribution is -2.14. The van der Waals surface area contributed by atoms with Crippen LogP contribution in [0.2, 0.25) is 0 Å². The van der Waals surface area contributed by atoms with Crippen LogP contribution in [0, 0.1) is 6.92 Å². The average molecular weight is 400 g/mol. The van der Waals surface area contributed by atoms with Crippen LogP contribution in [0.5, 0.6) is 5.75 Å². The number of hydrogen-bond acceptors (Lipinski definition) is 4. The number of hydrogen-bond donors (Lipinski definition) is 2. The van der Waals surface area contributed by atoms with Crippen LogP contribution in [0.25, 0.3) is 0 Å². The van der Waals surface area contributed by atoms with Gasteiger partial charge in [-0.3, -0.25) is 4.72 Å². The van der Waals surface area contributed by atoms with Gasteiger partial charge in [0.05, 0.1) is 4.90 Å². The maximum absolute atomic E-state index is 12.4. The molecule has 122 valence electrons. The van der Waals surface area contributed by atoms with Gasteiger partial charge in [-0.1, -0.05) is 15.9 Å². The summed E-state index contributed by atoms with van der Waals surface area (Å²) in [5.74, 6) is -0.770. The Kier molecular flexibility index (Phi) is 5.27. The summed E-state index contributed by atoms with van der Waals surface area (Å²) >= 11 is 3.28. The molecule has 6 nitrogen and oxygen atoms in total. The summed E-state index contributed by atoms with van der Waals surface area (Å²) in [7, 11) is -3.73. The molecule has 0 bridgehead atoms. The molecular formula is C15H14BrNO5S. The van der Waals surface area contributed by atoms with E-state index in [1.807, 2.05) is 0 Å². The molecule has 2 N–H and O–H groups in total. The number of halogens is 1. The highest BCUT2D eigenvalue weighted by atomic mass is 79.9. The fourth-order valence-corrected chi connectivity index (χ4v) is 3.23. The van der Waals surface area contributed by atoms with Crippen LogP contribution in [0.4, 0.5) is 5.69 Å². The van der Waals surface area contributed by atoms with Gasteiger partial charge in [-0.15, -0.1) is 0 Å². The molecule has 23 heavy (non-hydrogen) atoms. The number of anilines is 1. The Hall–Kier alpha value is -2.06. The molecule has 0 unspecified atom stereocenters. The lowest BCUT2D eigenvalue weighted by molar-refractivity contribution is -0.139. The molecule has 0 aliphatic heterocycles. The van der Waals surface area contributed by atoms with E-state index in [9.17, 15) is 13.2 Å². The highest BCUT2D eigenvalue weighted by molar-refractivity contribution is 9.10. The molecule has 8 heteroatoms. The van der Waals surface area contributed by atoms with Crippen LogP contribution in [0.15, 0.2) is 51.8 Å². The molecule has 0 saturated heterocycles. The summed E-state index contributed by atoms with van der Waals surface area (Å²) in [6.07, 6.45) is 0. The number of carboxylic acids is 1. The van der Waals surface area contributed by atoms with Gasteiger partial charge >= 0.3 is 5.97 Å². The SMILES string of the molecule is Cc1cc(S(=O)(=O)Nc2ccc(Br)cc2)ccc1OCC(=O)O. The standard InChI is InChI=1S/C15H14BrNO5S/c1-10-8-13(6-7-14(10)22-9-15(18)19)23(20,21)17-12-4-2-11(16)3-5-12/h2-8,17H,9H2,1H3,(H,18,19). The molecule has 0 heterocycles. The molecule has 0 aliphatic rings. The molecule has 2 aromatic rings. The minimum Gasteiger partial charge on any atom is -0.482 e. The van der Waals surface area contributed by atoms with E-state index >= 15 is 0 Å². The number of aryl methyl sites for hydroxylation is 1. The number of ether oxygens (including phenoxy) is 1. The number of carbonyl (C=O) groups is 1. The summed E-state index contributed by atoms with van der Waals surface area (Å²) in [5, 5.41) is 8.60. The minimum absolute atomic E-state index is 0.0700. The molecule has 0 amide bonds. The van der Waals surface area contributed by atoms with Crippen LogP contribution < -0.4 is 9.46 Å². The Morgan fingerprint density at radius 2 is 1.87 bits per heavy atom. The fourth-order valence-electron chi connectivity index (χ4n) is 1.82. The normalized spacial score (nSPS) is 11.0. The van der Waals surface area contributed by atoms with Gasteiger partial charge in [0, 0.05) is 10.2 Å². The van der Waals surface area contributed by atoms with Crippen molar-refractivity contribution in [1.82, 2.24) is 0 Å². The van der Waals surface area contributed by atoms with Crippen LogP contribution in [0.1, 0.15) is 5.56 Å². The summed E-state index contributed by atoms with van der Waals surface area (Å²) in [5.41, 5.74) is 0.974. The van der Waals surface area contributed by atoms with Crippen LogP contribution in [0.3, 0.4) is 0 Å². The first-order valence-corrected chi connectivity index (χ1v) is 8.79. The fraction of sp³-hybridized carbons (Fsp3) is 0.133. The van der Waals surface area contributed by atoms with Gasteiger partial charge in [-0.25, -0.2) is 13.2 Å². The number of carboxylic acid groups (broad SMARTS) is 1. The van der Waals surface area contributed by atoms with Gasteiger partial charge in [0.2, 0.25) is 0 Å². The smallest absolute Gasteiger partial charge is 0.341 e. The highest BCUT2D eigenvalue weighted by Gasteiger charge is 2.16. The maximum Gasteiger partial charge on any atom is 0.341 e. The third-order valence-corrected chi connectivity index (χ3v) is 4.81. The van der Waals surface area contributed by atoms with Crippen molar-refractivity contribution >= 4 is 37.6 Å². The topological polar surface area (TPSA) is 92.7 Å². The first-order valence-electron chi connectivity index (χ1n) is 6.51. The molecule has 0 radical (unpaired) electrons. The Bertz CT molecular complexity index is 818. The van der Waals surface area contributed by atoms with E-state index in [-0.39, 0.29) is 4.90 Å². The monoisotopic (exact) mass is 399 g/mol. The van der Waals surface area contributed by atoms with Gasteiger partial charge < -0.3 is 9.84 Å². The minimum atomic E-state index is -3.73. The van der Waals surface area contributed by atoms with Crippen molar-refractivity contribution in [3.63, 3.8) is 0 Å². The Morgan fingerprint density at radius 1 is 1.22 bits per heavy atom.